The monoisotopic (exact) mass is 370 g/mol. The second kappa shape index (κ2) is 5.78. The number of fused-ring (bicyclic) bond motifs is 1. The molecule has 3 fully saturated rings. The summed E-state index contributed by atoms with van der Waals surface area (Å²) >= 11 is 0. The predicted octanol–water partition coefficient (Wildman–Crippen LogP) is -1.33. The second-order valence-electron chi connectivity index (χ2n) is 7.13. The van der Waals surface area contributed by atoms with Gasteiger partial charge in [-0.25, -0.2) is 8.42 Å². The van der Waals surface area contributed by atoms with Crippen molar-refractivity contribution in [2.24, 2.45) is 11.8 Å². The van der Waals surface area contributed by atoms with E-state index >= 15 is 0 Å². The predicted molar refractivity (Wildman–Crippen MR) is 87.4 cm³/mol. The first-order valence-corrected chi connectivity index (χ1v) is 10.3. The van der Waals surface area contributed by atoms with Crippen LogP contribution in [0, 0.1) is 11.8 Å². The Labute approximate surface area is 146 Å². The van der Waals surface area contributed by atoms with Crippen LogP contribution in [0.25, 0.3) is 0 Å². The van der Waals surface area contributed by atoms with E-state index in [1.807, 2.05) is 12.2 Å². The molecule has 4 atom stereocenters. The second-order valence-corrected chi connectivity index (χ2v) is 9.43. The number of ether oxygens (including phenoxy) is 2. The summed E-state index contributed by atoms with van der Waals surface area (Å²) in [5, 5.41) is 0. The minimum absolute atomic E-state index is 0.0173. The smallest absolute Gasteiger partial charge is 0.230 e. The fraction of sp³-hybridized carbons (Fsp3) is 0.750. The van der Waals surface area contributed by atoms with Crippen LogP contribution in [0.4, 0.5) is 0 Å². The van der Waals surface area contributed by atoms with Gasteiger partial charge < -0.3 is 19.3 Å². The van der Waals surface area contributed by atoms with E-state index in [4.69, 9.17) is 9.47 Å². The van der Waals surface area contributed by atoms with Crippen LogP contribution in [0.1, 0.15) is 0 Å². The molecule has 0 aromatic heterocycles. The summed E-state index contributed by atoms with van der Waals surface area (Å²) in [7, 11) is -1.48. The first-order chi connectivity index (χ1) is 11.9. The molecule has 1 spiro atoms. The van der Waals surface area contributed by atoms with Crippen molar-refractivity contribution in [3.8, 4) is 0 Å². The Morgan fingerprint density at radius 3 is 2.80 bits per heavy atom. The maximum absolute atomic E-state index is 13.0. The van der Waals surface area contributed by atoms with E-state index in [0.29, 0.717) is 19.7 Å². The van der Waals surface area contributed by atoms with Gasteiger partial charge in [-0.1, -0.05) is 12.2 Å². The van der Waals surface area contributed by atoms with Crippen LogP contribution in [0.3, 0.4) is 0 Å². The van der Waals surface area contributed by atoms with Gasteiger partial charge in [0, 0.05) is 26.7 Å². The molecular weight excluding hydrogens is 348 g/mol. The van der Waals surface area contributed by atoms with Gasteiger partial charge >= 0.3 is 0 Å². The molecule has 0 unspecified atom stereocenters. The Morgan fingerprint density at radius 1 is 1.40 bits per heavy atom. The molecule has 2 amide bonds. The van der Waals surface area contributed by atoms with Gasteiger partial charge in [0.1, 0.15) is 5.60 Å². The molecule has 4 aliphatic heterocycles. The molecule has 4 rings (SSSR count). The SMILES string of the molecule is COCCN1C[C@]23C=C[C@H](O2)[C@H](C(=O)N2CCS(=O)(=O)CC2)[C@@H]3C1=O. The highest BCUT2D eigenvalue weighted by atomic mass is 32.2. The summed E-state index contributed by atoms with van der Waals surface area (Å²) in [5.74, 6) is -1.37. The molecule has 0 radical (unpaired) electrons. The zero-order valence-electron chi connectivity index (χ0n) is 14.1. The number of methoxy groups -OCH3 is 1. The van der Waals surface area contributed by atoms with Crippen molar-refractivity contribution in [2.75, 3.05) is 51.4 Å². The topological polar surface area (TPSA) is 93.2 Å². The van der Waals surface area contributed by atoms with Crippen molar-refractivity contribution < 1.29 is 27.5 Å². The Balaban J connectivity index is 1.54. The summed E-state index contributed by atoms with van der Waals surface area (Å²) in [6, 6.07) is 0. The number of carbonyl (C=O) groups excluding carboxylic acids is 2. The molecule has 0 aliphatic carbocycles. The van der Waals surface area contributed by atoms with Crippen LogP contribution in [0.15, 0.2) is 12.2 Å². The summed E-state index contributed by atoms with van der Waals surface area (Å²) in [6.45, 7) is 1.72. The fourth-order valence-electron chi connectivity index (χ4n) is 4.39. The van der Waals surface area contributed by atoms with Gasteiger partial charge in [0.05, 0.1) is 42.6 Å². The van der Waals surface area contributed by atoms with Crippen LogP contribution in [-0.2, 0) is 28.9 Å². The molecule has 0 aromatic carbocycles. The zero-order valence-corrected chi connectivity index (χ0v) is 14.9. The fourth-order valence-corrected chi connectivity index (χ4v) is 5.60. The van der Waals surface area contributed by atoms with Gasteiger partial charge in [-0.15, -0.1) is 0 Å². The maximum Gasteiger partial charge on any atom is 0.230 e. The van der Waals surface area contributed by atoms with Gasteiger partial charge in [0.15, 0.2) is 9.84 Å². The number of rotatable bonds is 4. The van der Waals surface area contributed by atoms with Crippen LogP contribution >= 0.6 is 0 Å². The number of nitrogens with zero attached hydrogens (tertiary/aromatic N) is 2. The minimum atomic E-state index is -3.06. The van der Waals surface area contributed by atoms with Crippen molar-refractivity contribution in [1.82, 2.24) is 9.80 Å². The van der Waals surface area contributed by atoms with E-state index in [0.717, 1.165) is 0 Å². The van der Waals surface area contributed by atoms with Crippen molar-refractivity contribution >= 4 is 21.7 Å². The highest BCUT2D eigenvalue weighted by Crippen LogP contribution is 2.52. The molecule has 0 N–H and O–H groups in total. The van der Waals surface area contributed by atoms with Crippen molar-refractivity contribution in [3.05, 3.63) is 12.2 Å². The zero-order chi connectivity index (χ0) is 17.8. The van der Waals surface area contributed by atoms with Gasteiger partial charge in [-0.2, -0.15) is 0 Å². The first kappa shape index (κ1) is 17.0. The van der Waals surface area contributed by atoms with E-state index < -0.39 is 33.4 Å². The molecular formula is C16H22N2O6S. The number of likely N-dealkylation sites (tertiary alicyclic amines) is 1. The number of hydrogen-bond acceptors (Lipinski definition) is 6. The summed E-state index contributed by atoms with van der Waals surface area (Å²) in [6.07, 6.45) is 3.38. The molecule has 3 saturated heterocycles. The Bertz CT molecular complexity index is 721. The molecule has 8 nitrogen and oxygen atoms in total. The molecule has 25 heavy (non-hydrogen) atoms. The third-order valence-electron chi connectivity index (χ3n) is 5.69. The summed E-state index contributed by atoms with van der Waals surface area (Å²) in [4.78, 5) is 29.2. The molecule has 2 bridgehead atoms. The minimum Gasteiger partial charge on any atom is -0.383 e. The van der Waals surface area contributed by atoms with Crippen molar-refractivity contribution in [1.29, 1.82) is 0 Å². The number of hydrogen-bond donors (Lipinski definition) is 0. The van der Waals surface area contributed by atoms with Crippen molar-refractivity contribution in [2.45, 2.75) is 11.7 Å². The Hall–Kier alpha value is -1.45. The standard InChI is InChI=1S/C16H22N2O6S/c1-23-7-4-18-10-16-3-2-11(24-16)12(13(16)15(18)20)14(19)17-5-8-25(21,22)9-6-17/h2-3,11-13H,4-10H2,1H3/t11-,12-,13+,16-/m0/s1. The third-order valence-corrected chi connectivity index (χ3v) is 7.29. The molecule has 4 heterocycles. The lowest BCUT2D eigenvalue weighted by Crippen LogP contribution is -2.50. The van der Waals surface area contributed by atoms with Crippen LogP contribution in [-0.4, -0.2) is 93.1 Å². The number of amides is 2. The lowest BCUT2D eigenvalue weighted by Gasteiger charge is -2.32. The van der Waals surface area contributed by atoms with E-state index in [9.17, 15) is 18.0 Å². The van der Waals surface area contributed by atoms with Crippen LogP contribution < -0.4 is 0 Å². The Kier molecular flexibility index (Phi) is 3.93. The highest BCUT2D eigenvalue weighted by Gasteiger charge is 2.67. The molecule has 0 aromatic rings. The van der Waals surface area contributed by atoms with Crippen LogP contribution in [0.5, 0.6) is 0 Å². The molecule has 4 aliphatic rings. The Morgan fingerprint density at radius 2 is 2.12 bits per heavy atom. The van der Waals surface area contributed by atoms with Crippen molar-refractivity contribution in [3.63, 3.8) is 0 Å². The average Bonchev–Trinajstić information content (AvgIpc) is 3.21. The summed E-state index contributed by atoms with van der Waals surface area (Å²) in [5.41, 5.74) is -0.725. The summed E-state index contributed by atoms with van der Waals surface area (Å²) < 4.78 is 34.3. The lowest BCUT2D eigenvalue weighted by molar-refractivity contribution is -0.143. The van der Waals surface area contributed by atoms with Gasteiger partial charge in [0.25, 0.3) is 0 Å². The molecule has 9 heteroatoms. The molecule has 0 saturated carbocycles. The highest BCUT2D eigenvalue weighted by molar-refractivity contribution is 7.91. The number of carbonyl (C=O) groups is 2. The van der Waals surface area contributed by atoms with E-state index in [2.05, 4.69) is 0 Å². The van der Waals surface area contributed by atoms with Crippen LogP contribution in [0.2, 0.25) is 0 Å². The third kappa shape index (κ3) is 2.60. The van der Waals surface area contributed by atoms with Gasteiger partial charge in [-0.3, -0.25) is 9.59 Å². The molecule has 138 valence electrons. The van der Waals surface area contributed by atoms with Gasteiger partial charge in [-0.05, 0) is 0 Å². The lowest BCUT2D eigenvalue weighted by atomic mass is 9.76. The van der Waals surface area contributed by atoms with E-state index in [1.54, 1.807) is 16.9 Å². The maximum atomic E-state index is 13.0. The largest absolute Gasteiger partial charge is 0.383 e. The van der Waals surface area contributed by atoms with Gasteiger partial charge in [0.2, 0.25) is 11.8 Å². The first-order valence-electron chi connectivity index (χ1n) is 8.51. The average molecular weight is 370 g/mol. The van der Waals surface area contributed by atoms with E-state index in [1.165, 1.54) is 0 Å². The van der Waals surface area contributed by atoms with E-state index in [-0.39, 0.29) is 36.4 Å². The number of sulfone groups is 1. The quantitative estimate of drug-likeness (QED) is 0.570. The normalized spacial score (nSPS) is 38.4.